The number of nitrogens with one attached hydrogen (secondary N) is 1. The molecular formula is C16H20N2O2S. The third kappa shape index (κ3) is 3.19. The lowest BCUT2D eigenvalue weighted by Gasteiger charge is -2.24. The highest BCUT2D eigenvalue weighted by atomic mass is 32.1. The van der Waals surface area contributed by atoms with Crippen molar-refractivity contribution in [3.63, 3.8) is 0 Å². The molecule has 1 aliphatic rings. The van der Waals surface area contributed by atoms with Crippen LogP contribution >= 0.6 is 11.3 Å². The number of benzene rings is 1. The van der Waals surface area contributed by atoms with Gasteiger partial charge in [-0.2, -0.15) is 0 Å². The van der Waals surface area contributed by atoms with Crippen LogP contribution in [0.1, 0.15) is 43.1 Å². The molecule has 1 N–H and O–H groups in total. The molecule has 2 unspecified atom stereocenters. The van der Waals surface area contributed by atoms with E-state index in [-0.39, 0.29) is 12.1 Å². The Balaban J connectivity index is 1.70. The first-order valence-corrected chi connectivity index (χ1v) is 8.23. The van der Waals surface area contributed by atoms with Gasteiger partial charge in [-0.15, -0.1) is 11.3 Å². The second kappa shape index (κ2) is 6.45. The lowest BCUT2D eigenvalue weighted by Crippen LogP contribution is -2.22. The minimum absolute atomic E-state index is 0.114. The van der Waals surface area contributed by atoms with Crippen molar-refractivity contribution in [1.82, 2.24) is 10.3 Å². The SMILES string of the molecule is CCCNC(C)c1csc(C2COc3ccccc3O2)n1. The van der Waals surface area contributed by atoms with Crippen molar-refractivity contribution in [3.8, 4) is 11.5 Å². The van der Waals surface area contributed by atoms with Crippen molar-refractivity contribution in [2.24, 2.45) is 0 Å². The average molecular weight is 304 g/mol. The molecule has 0 saturated carbocycles. The number of para-hydroxylation sites is 2. The zero-order chi connectivity index (χ0) is 14.7. The van der Waals surface area contributed by atoms with Crippen LogP contribution in [0, 0.1) is 0 Å². The summed E-state index contributed by atoms with van der Waals surface area (Å²) in [6.45, 7) is 5.82. The van der Waals surface area contributed by atoms with E-state index in [1.807, 2.05) is 24.3 Å². The van der Waals surface area contributed by atoms with Gasteiger partial charge < -0.3 is 14.8 Å². The van der Waals surface area contributed by atoms with E-state index < -0.39 is 0 Å². The summed E-state index contributed by atoms with van der Waals surface area (Å²) in [5, 5.41) is 6.53. The molecule has 21 heavy (non-hydrogen) atoms. The van der Waals surface area contributed by atoms with Gasteiger partial charge in [0.15, 0.2) is 17.6 Å². The predicted molar refractivity (Wildman–Crippen MR) is 84.1 cm³/mol. The predicted octanol–water partition coefficient (Wildman–Crippen LogP) is 3.72. The van der Waals surface area contributed by atoms with Gasteiger partial charge in [0, 0.05) is 11.4 Å². The minimum atomic E-state index is -0.114. The van der Waals surface area contributed by atoms with Gasteiger partial charge in [0.05, 0.1) is 5.69 Å². The number of rotatable bonds is 5. The Hall–Kier alpha value is -1.59. The summed E-state index contributed by atoms with van der Waals surface area (Å²) in [5.41, 5.74) is 1.07. The van der Waals surface area contributed by atoms with Crippen LogP contribution in [0.2, 0.25) is 0 Å². The first kappa shape index (κ1) is 14.4. The van der Waals surface area contributed by atoms with E-state index >= 15 is 0 Å². The molecule has 1 aromatic heterocycles. The minimum Gasteiger partial charge on any atom is -0.485 e. The van der Waals surface area contributed by atoms with Gasteiger partial charge in [0.25, 0.3) is 0 Å². The van der Waals surface area contributed by atoms with Crippen LogP contribution < -0.4 is 14.8 Å². The van der Waals surface area contributed by atoms with E-state index in [4.69, 9.17) is 14.5 Å². The van der Waals surface area contributed by atoms with Crippen molar-refractivity contribution in [3.05, 3.63) is 40.3 Å². The highest BCUT2D eigenvalue weighted by molar-refractivity contribution is 7.09. The smallest absolute Gasteiger partial charge is 0.184 e. The summed E-state index contributed by atoms with van der Waals surface area (Å²) in [7, 11) is 0. The molecule has 2 aromatic rings. The number of hydrogen-bond donors (Lipinski definition) is 1. The maximum atomic E-state index is 5.99. The number of hydrogen-bond acceptors (Lipinski definition) is 5. The number of nitrogens with zero attached hydrogens (tertiary/aromatic N) is 1. The molecule has 3 rings (SSSR count). The summed E-state index contributed by atoms with van der Waals surface area (Å²) in [6.07, 6.45) is 1.01. The van der Waals surface area contributed by atoms with Crippen molar-refractivity contribution < 1.29 is 9.47 Å². The molecule has 0 spiro atoms. The van der Waals surface area contributed by atoms with E-state index in [9.17, 15) is 0 Å². The molecule has 5 heteroatoms. The standard InChI is InChI=1S/C16H20N2O2S/c1-3-8-17-11(2)12-10-21-16(18-12)15-9-19-13-6-4-5-7-14(13)20-15/h4-7,10-11,15,17H,3,8-9H2,1-2H3. The number of aromatic nitrogens is 1. The van der Waals surface area contributed by atoms with Gasteiger partial charge in [-0.3, -0.25) is 0 Å². The highest BCUT2D eigenvalue weighted by Crippen LogP contribution is 2.36. The summed E-state index contributed by atoms with van der Waals surface area (Å²) in [4.78, 5) is 4.71. The largest absolute Gasteiger partial charge is 0.485 e. The Kier molecular flexibility index (Phi) is 4.41. The number of thiazole rings is 1. The topological polar surface area (TPSA) is 43.4 Å². The summed E-state index contributed by atoms with van der Waals surface area (Å²) >= 11 is 1.64. The molecule has 0 fully saturated rings. The quantitative estimate of drug-likeness (QED) is 0.914. The first-order valence-electron chi connectivity index (χ1n) is 7.35. The fourth-order valence-electron chi connectivity index (χ4n) is 2.25. The molecule has 1 aromatic carbocycles. The van der Waals surface area contributed by atoms with E-state index in [2.05, 4.69) is 24.5 Å². The Morgan fingerprint density at radius 2 is 2.19 bits per heavy atom. The molecule has 112 valence electrons. The lowest BCUT2D eigenvalue weighted by molar-refractivity contribution is 0.0909. The monoisotopic (exact) mass is 304 g/mol. The summed E-state index contributed by atoms with van der Waals surface area (Å²) < 4.78 is 11.7. The normalized spacial score (nSPS) is 18.5. The van der Waals surface area contributed by atoms with Crippen LogP contribution in [-0.4, -0.2) is 18.1 Å². The zero-order valence-corrected chi connectivity index (χ0v) is 13.2. The van der Waals surface area contributed by atoms with E-state index in [0.29, 0.717) is 6.61 Å². The molecular weight excluding hydrogens is 284 g/mol. The first-order chi connectivity index (χ1) is 10.3. The van der Waals surface area contributed by atoms with Crippen LogP contribution in [0.5, 0.6) is 11.5 Å². The Morgan fingerprint density at radius 1 is 1.38 bits per heavy atom. The maximum Gasteiger partial charge on any atom is 0.184 e. The third-order valence-electron chi connectivity index (χ3n) is 3.47. The average Bonchev–Trinajstić information content (AvgIpc) is 3.02. The van der Waals surface area contributed by atoms with Gasteiger partial charge >= 0.3 is 0 Å². The highest BCUT2D eigenvalue weighted by Gasteiger charge is 2.25. The third-order valence-corrected chi connectivity index (χ3v) is 4.42. The maximum absolute atomic E-state index is 5.99. The second-order valence-corrected chi connectivity index (χ2v) is 6.04. The fraction of sp³-hybridized carbons (Fsp3) is 0.438. The Labute approximate surface area is 129 Å². The van der Waals surface area contributed by atoms with Crippen molar-refractivity contribution >= 4 is 11.3 Å². The molecule has 0 amide bonds. The molecule has 0 saturated heterocycles. The molecule has 2 atom stereocenters. The van der Waals surface area contributed by atoms with Gasteiger partial charge in [0.1, 0.15) is 11.6 Å². The molecule has 0 bridgehead atoms. The second-order valence-electron chi connectivity index (χ2n) is 5.15. The Bertz CT molecular complexity index is 599. The van der Waals surface area contributed by atoms with Gasteiger partial charge in [0.2, 0.25) is 0 Å². The zero-order valence-electron chi connectivity index (χ0n) is 12.3. The van der Waals surface area contributed by atoms with Gasteiger partial charge in [-0.05, 0) is 32.0 Å². The molecule has 0 radical (unpaired) electrons. The lowest BCUT2D eigenvalue weighted by atomic mass is 10.2. The van der Waals surface area contributed by atoms with E-state index in [1.165, 1.54) is 0 Å². The van der Waals surface area contributed by atoms with Crippen LogP contribution in [0.4, 0.5) is 0 Å². The van der Waals surface area contributed by atoms with Gasteiger partial charge in [-0.25, -0.2) is 4.98 Å². The summed E-state index contributed by atoms with van der Waals surface area (Å²) in [6, 6.07) is 8.03. The summed E-state index contributed by atoms with van der Waals surface area (Å²) in [5.74, 6) is 1.60. The molecule has 1 aliphatic heterocycles. The molecule has 4 nitrogen and oxygen atoms in total. The van der Waals surface area contributed by atoms with Crippen molar-refractivity contribution in [2.75, 3.05) is 13.2 Å². The van der Waals surface area contributed by atoms with Crippen LogP contribution in [-0.2, 0) is 0 Å². The number of fused-ring (bicyclic) bond motifs is 1. The molecule has 0 aliphatic carbocycles. The van der Waals surface area contributed by atoms with Crippen molar-refractivity contribution in [1.29, 1.82) is 0 Å². The molecule has 2 heterocycles. The van der Waals surface area contributed by atoms with Crippen LogP contribution in [0.15, 0.2) is 29.6 Å². The number of ether oxygens (including phenoxy) is 2. The van der Waals surface area contributed by atoms with Crippen LogP contribution in [0.25, 0.3) is 0 Å². The van der Waals surface area contributed by atoms with Crippen LogP contribution in [0.3, 0.4) is 0 Å². The van der Waals surface area contributed by atoms with Gasteiger partial charge in [-0.1, -0.05) is 19.1 Å². The fourth-order valence-corrected chi connectivity index (χ4v) is 3.18. The Morgan fingerprint density at radius 3 is 3.00 bits per heavy atom. The van der Waals surface area contributed by atoms with E-state index in [1.54, 1.807) is 11.3 Å². The van der Waals surface area contributed by atoms with Crippen molar-refractivity contribution in [2.45, 2.75) is 32.4 Å². The van der Waals surface area contributed by atoms with E-state index in [0.717, 1.165) is 35.2 Å².